The van der Waals surface area contributed by atoms with E-state index in [1.807, 2.05) is 0 Å². The van der Waals surface area contributed by atoms with Crippen molar-refractivity contribution in [2.45, 2.75) is 32.2 Å². The molecule has 1 fully saturated rings. The Morgan fingerprint density at radius 3 is 3.10 bits per heavy atom. The van der Waals surface area contributed by atoms with E-state index in [9.17, 15) is 0 Å². The molecule has 1 unspecified atom stereocenters. The van der Waals surface area contributed by atoms with E-state index in [2.05, 4.69) is 24.0 Å². The molecular weight excluding hydrogens is 142 g/mol. The van der Waals surface area contributed by atoms with Gasteiger partial charge in [0.05, 0.1) is 0 Å². The average Bonchev–Trinajstić information content (AvgIpc) is 2.03. The van der Waals surface area contributed by atoms with Gasteiger partial charge in [-0.3, -0.25) is 0 Å². The van der Waals surface area contributed by atoms with Crippen LogP contribution in [0.3, 0.4) is 0 Å². The lowest BCUT2D eigenvalue weighted by Crippen LogP contribution is -2.37. The SMILES string of the molecule is CCCCC1CSCCN1. The van der Waals surface area contributed by atoms with Gasteiger partial charge in [0.1, 0.15) is 0 Å². The van der Waals surface area contributed by atoms with Crippen molar-refractivity contribution in [3.63, 3.8) is 0 Å². The van der Waals surface area contributed by atoms with Crippen LogP contribution in [-0.4, -0.2) is 24.1 Å². The summed E-state index contributed by atoms with van der Waals surface area (Å²) in [6.45, 7) is 3.48. The second-order valence-electron chi connectivity index (χ2n) is 2.87. The summed E-state index contributed by atoms with van der Waals surface area (Å²) in [5, 5.41) is 3.53. The molecule has 0 bridgehead atoms. The van der Waals surface area contributed by atoms with E-state index < -0.39 is 0 Å². The average molecular weight is 159 g/mol. The molecule has 0 saturated carbocycles. The molecule has 0 aliphatic carbocycles. The highest BCUT2D eigenvalue weighted by Crippen LogP contribution is 2.12. The van der Waals surface area contributed by atoms with Gasteiger partial charge in [-0.2, -0.15) is 11.8 Å². The first kappa shape index (κ1) is 8.41. The van der Waals surface area contributed by atoms with Crippen LogP contribution in [0.5, 0.6) is 0 Å². The normalized spacial score (nSPS) is 26.7. The van der Waals surface area contributed by atoms with Crippen LogP contribution in [0, 0.1) is 0 Å². The van der Waals surface area contributed by atoms with Crippen LogP contribution >= 0.6 is 11.8 Å². The molecule has 1 saturated heterocycles. The van der Waals surface area contributed by atoms with E-state index in [4.69, 9.17) is 0 Å². The minimum atomic E-state index is 0.818. The lowest BCUT2D eigenvalue weighted by molar-refractivity contribution is 0.508. The van der Waals surface area contributed by atoms with Crippen LogP contribution in [0.25, 0.3) is 0 Å². The molecule has 1 atom stereocenters. The van der Waals surface area contributed by atoms with Crippen molar-refractivity contribution in [3.8, 4) is 0 Å². The van der Waals surface area contributed by atoms with Crippen LogP contribution < -0.4 is 5.32 Å². The molecular formula is C8H17NS. The fraction of sp³-hybridized carbons (Fsp3) is 1.00. The summed E-state index contributed by atoms with van der Waals surface area (Å²) in [5.74, 6) is 2.64. The van der Waals surface area contributed by atoms with Gasteiger partial charge < -0.3 is 5.32 Å². The van der Waals surface area contributed by atoms with E-state index >= 15 is 0 Å². The van der Waals surface area contributed by atoms with Gasteiger partial charge in [-0.25, -0.2) is 0 Å². The quantitative estimate of drug-likeness (QED) is 0.675. The predicted octanol–water partition coefficient (Wildman–Crippen LogP) is 1.88. The van der Waals surface area contributed by atoms with Crippen molar-refractivity contribution < 1.29 is 0 Å². The van der Waals surface area contributed by atoms with E-state index in [-0.39, 0.29) is 0 Å². The van der Waals surface area contributed by atoms with E-state index in [1.54, 1.807) is 0 Å². The molecule has 1 N–H and O–H groups in total. The zero-order chi connectivity index (χ0) is 7.23. The minimum absolute atomic E-state index is 0.818. The topological polar surface area (TPSA) is 12.0 Å². The first-order valence-electron chi connectivity index (χ1n) is 4.24. The summed E-state index contributed by atoms with van der Waals surface area (Å²) in [6.07, 6.45) is 4.10. The van der Waals surface area contributed by atoms with Crippen molar-refractivity contribution >= 4 is 11.8 Å². The summed E-state index contributed by atoms with van der Waals surface area (Å²) >= 11 is 2.09. The third-order valence-electron chi connectivity index (χ3n) is 1.90. The molecule has 10 heavy (non-hydrogen) atoms. The van der Waals surface area contributed by atoms with Gasteiger partial charge in [-0.15, -0.1) is 0 Å². The van der Waals surface area contributed by atoms with Crippen LogP contribution in [-0.2, 0) is 0 Å². The standard InChI is InChI=1S/C8H17NS/c1-2-3-4-8-7-10-6-5-9-8/h8-9H,2-7H2,1H3. The molecule has 60 valence electrons. The number of thioether (sulfide) groups is 1. The summed E-state index contributed by atoms with van der Waals surface area (Å²) in [7, 11) is 0. The summed E-state index contributed by atoms with van der Waals surface area (Å²) in [6, 6.07) is 0.818. The van der Waals surface area contributed by atoms with Gasteiger partial charge in [0.2, 0.25) is 0 Å². The van der Waals surface area contributed by atoms with Crippen molar-refractivity contribution in [1.82, 2.24) is 5.32 Å². The maximum Gasteiger partial charge on any atom is 0.0158 e. The van der Waals surface area contributed by atoms with Crippen LogP contribution in [0.15, 0.2) is 0 Å². The molecule has 0 amide bonds. The highest BCUT2D eigenvalue weighted by atomic mass is 32.2. The third kappa shape index (κ3) is 2.93. The van der Waals surface area contributed by atoms with Gasteiger partial charge in [0.25, 0.3) is 0 Å². The second kappa shape index (κ2) is 5.03. The molecule has 0 aromatic heterocycles. The van der Waals surface area contributed by atoms with E-state index in [0.717, 1.165) is 6.04 Å². The molecule has 1 heterocycles. The van der Waals surface area contributed by atoms with Crippen molar-refractivity contribution in [2.75, 3.05) is 18.1 Å². The van der Waals surface area contributed by atoms with Crippen LogP contribution in [0.4, 0.5) is 0 Å². The summed E-state index contributed by atoms with van der Waals surface area (Å²) in [5.41, 5.74) is 0. The Labute approximate surface area is 68.0 Å². The Hall–Kier alpha value is 0.310. The second-order valence-corrected chi connectivity index (χ2v) is 4.02. The Balaban J connectivity index is 2.02. The fourth-order valence-electron chi connectivity index (χ4n) is 1.26. The van der Waals surface area contributed by atoms with Gasteiger partial charge in [0, 0.05) is 24.1 Å². The maximum absolute atomic E-state index is 3.53. The first-order valence-corrected chi connectivity index (χ1v) is 5.40. The van der Waals surface area contributed by atoms with E-state index in [0.29, 0.717) is 0 Å². The molecule has 0 aromatic rings. The highest BCUT2D eigenvalue weighted by molar-refractivity contribution is 7.99. The van der Waals surface area contributed by atoms with Gasteiger partial charge in [0.15, 0.2) is 0 Å². The van der Waals surface area contributed by atoms with Crippen LogP contribution in [0.1, 0.15) is 26.2 Å². The smallest absolute Gasteiger partial charge is 0.0158 e. The van der Waals surface area contributed by atoms with Crippen molar-refractivity contribution in [2.24, 2.45) is 0 Å². The largest absolute Gasteiger partial charge is 0.312 e. The Kier molecular flexibility index (Phi) is 4.23. The molecule has 0 radical (unpaired) electrons. The van der Waals surface area contributed by atoms with Gasteiger partial charge >= 0.3 is 0 Å². The Morgan fingerprint density at radius 2 is 2.50 bits per heavy atom. The number of hydrogen-bond acceptors (Lipinski definition) is 2. The van der Waals surface area contributed by atoms with Crippen molar-refractivity contribution in [1.29, 1.82) is 0 Å². The lowest BCUT2D eigenvalue weighted by atomic mass is 10.1. The molecule has 1 aliphatic heterocycles. The molecule has 0 spiro atoms. The number of nitrogens with one attached hydrogen (secondary N) is 1. The molecule has 1 aliphatic rings. The molecule has 1 rings (SSSR count). The number of hydrogen-bond donors (Lipinski definition) is 1. The zero-order valence-electron chi connectivity index (χ0n) is 6.73. The van der Waals surface area contributed by atoms with Crippen LogP contribution in [0.2, 0.25) is 0 Å². The summed E-state index contributed by atoms with van der Waals surface area (Å²) < 4.78 is 0. The zero-order valence-corrected chi connectivity index (χ0v) is 7.54. The Morgan fingerprint density at radius 1 is 1.60 bits per heavy atom. The number of rotatable bonds is 3. The molecule has 0 aromatic carbocycles. The highest BCUT2D eigenvalue weighted by Gasteiger charge is 2.10. The van der Waals surface area contributed by atoms with Crippen molar-refractivity contribution in [3.05, 3.63) is 0 Å². The summed E-state index contributed by atoms with van der Waals surface area (Å²) in [4.78, 5) is 0. The minimum Gasteiger partial charge on any atom is -0.312 e. The van der Waals surface area contributed by atoms with Gasteiger partial charge in [-0.05, 0) is 6.42 Å². The first-order chi connectivity index (χ1) is 4.93. The maximum atomic E-state index is 3.53. The lowest BCUT2D eigenvalue weighted by Gasteiger charge is -2.22. The molecule has 1 nitrogen and oxygen atoms in total. The predicted molar refractivity (Wildman–Crippen MR) is 48.6 cm³/mol. The fourth-order valence-corrected chi connectivity index (χ4v) is 2.25. The van der Waals surface area contributed by atoms with E-state index in [1.165, 1.54) is 37.3 Å². The monoisotopic (exact) mass is 159 g/mol. The third-order valence-corrected chi connectivity index (χ3v) is 3.04. The molecule has 2 heteroatoms. The van der Waals surface area contributed by atoms with Gasteiger partial charge in [-0.1, -0.05) is 19.8 Å². The number of unbranched alkanes of at least 4 members (excludes halogenated alkanes) is 1. The Bertz CT molecular complexity index is 79.3.